The summed E-state index contributed by atoms with van der Waals surface area (Å²) in [6.07, 6.45) is 3.84. The van der Waals surface area contributed by atoms with Crippen LogP contribution in [0.5, 0.6) is 0 Å². The lowest BCUT2D eigenvalue weighted by atomic mass is 9.91. The monoisotopic (exact) mass is 642 g/mol. The molecule has 1 unspecified atom stereocenters. The number of hydrogen-bond donors (Lipinski definition) is 2. The first-order valence-corrected chi connectivity index (χ1v) is 16.4. The molecule has 1 aliphatic heterocycles. The van der Waals surface area contributed by atoms with E-state index in [1.807, 2.05) is 24.6 Å². The molecule has 44 heavy (non-hydrogen) atoms. The van der Waals surface area contributed by atoms with Gasteiger partial charge in [0.2, 0.25) is 16.0 Å². The molecule has 1 saturated carbocycles. The minimum atomic E-state index is -3.85. The molecule has 4 atom stereocenters. The second-order valence-corrected chi connectivity index (χ2v) is 13.9. The summed E-state index contributed by atoms with van der Waals surface area (Å²) in [6.45, 7) is 4.36. The fourth-order valence-electron chi connectivity index (χ4n) is 6.64. The van der Waals surface area contributed by atoms with Gasteiger partial charge in [-0.15, -0.1) is 0 Å². The van der Waals surface area contributed by atoms with Crippen molar-refractivity contribution in [2.75, 3.05) is 23.0 Å². The maximum atomic E-state index is 14.5. The van der Waals surface area contributed by atoms with Crippen molar-refractivity contribution in [2.45, 2.75) is 44.7 Å². The Kier molecular flexibility index (Phi) is 7.39. The van der Waals surface area contributed by atoms with Crippen LogP contribution in [0.25, 0.3) is 10.9 Å². The van der Waals surface area contributed by atoms with Crippen LogP contribution in [0.3, 0.4) is 0 Å². The van der Waals surface area contributed by atoms with Crippen molar-refractivity contribution < 1.29 is 17.6 Å². The molecule has 2 aliphatic rings. The first kappa shape index (κ1) is 30.0. The summed E-state index contributed by atoms with van der Waals surface area (Å²) in [5, 5.41) is 8.08. The lowest BCUT2D eigenvalue weighted by Crippen LogP contribution is -2.39. The Hall–Kier alpha value is -4.04. The lowest BCUT2D eigenvalue weighted by molar-refractivity contribution is 0.0977. The fraction of sp³-hybridized carbons (Fsp3) is 0.414. The van der Waals surface area contributed by atoms with Crippen molar-refractivity contribution in [1.82, 2.24) is 29.0 Å². The standard InChI is InChI=1S/C29H32ClFN8O4S/c1-14-8-18(15(2)32-22-6-7-23(30)33-26(22)27(40)36-44(5,42)43)24-20(9-14)28(41)38(4)29(34-24)39-12-16-10-17(39)11-19(16)25-21(31)13-37(3)35-25/h6-9,13,15-17,19,32H,10-12H2,1-5H3,(H,36,40)/t15-,16?,17-,19-/m1/s1. The number of carbonyl (C=O) groups is 1. The third kappa shape index (κ3) is 5.40. The highest BCUT2D eigenvalue weighted by Crippen LogP contribution is 2.48. The number of rotatable bonds is 7. The molecule has 2 N–H and O–H groups in total. The summed E-state index contributed by atoms with van der Waals surface area (Å²) in [4.78, 5) is 37.7. The van der Waals surface area contributed by atoms with E-state index in [1.54, 1.807) is 30.8 Å². The summed E-state index contributed by atoms with van der Waals surface area (Å²) >= 11 is 6.03. The number of anilines is 2. The lowest BCUT2D eigenvalue weighted by Gasteiger charge is -2.33. The number of amides is 1. The molecule has 0 spiro atoms. The van der Waals surface area contributed by atoms with Gasteiger partial charge in [-0.2, -0.15) is 5.10 Å². The van der Waals surface area contributed by atoms with Gasteiger partial charge in [0, 0.05) is 38.2 Å². The molecule has 1 saturated heterocycles. The number of aryl methyl sites for hydroxylation is 2. The zero-order valence-electron chi connectivity index (χ0n) is 24.8. The minimum absolute atomic E-state index is 0.0134. The Morgan fingerprint density at radius 3 is 2.57 bits per heavy atom. The molecule has 4 heterocycles. The number of hydrogen-bond acceptors (Lipinski definition) is 9. The topological polar surface area (TPSA) is 144 Å². The van der Waals surface area contributed by atoms with Gasteiger partial charge in [0.15, 0.2) is 11.5 Å². The highest BCUT2D eigenvalue weighted by Gasteiger charge is 2.48. The predicted molar refractivity (Wildman–Crippen MR) is 165 cm³/mol. The molecule has 1 aromatic carbocycles. The van der Waals surface area contributed by atoms with Crippen LogP contribution >= 0.6 is 11.6 Å². The highest BCUT2D eigenvalue weighted by molar-refractivity contribution is 7.89. The van der Waals surface area contributed by atoms with E-state index in [9.17, 15) is 22.4 Å². The molecule has 1 amide bonds. The Labute approximate surface area is 258 Å². The first-order chi connectivity index (χ1) is 20.7. The van der Waals surface area contributed by atoms with E-state index >= 15 is 0 Å². The second kappa shape index (κ2) is 10.8. The number of aromatic nitrogens is 5. The van der Waals surface area contributed by atoms with E-state index in [2.05, 4.69) is 20.3 Å². The van der Waals surface area contributed by atoms with E-state index in [0.717, 1.165) is 18.2 Å². The van der Waals surface area contributed by atoms with E-state index in [4.69, 9.17) is 16.6 Å². The molecule has 2 bridgehead atoms. The molecule has 12 nitrogen and oxygen atoms in total. The number of nitrogens with one attached hydrogen (secondary N) is 2. The SMILES string of the molecule is Cc1cc([C@@H](C)Nc2ccc(Cl)nc2C(=O)NS(C)(=O)=O)c2nc(N3CC4C[C@@H]3C[C@H]4c3nn(C)cc3F)n(C)c(=O)c2c1. The van der Waals surface area contributed by atoms with Gasteiger partial charge < -0.3 is 10.2 Å². The Morgan fingerprint density at radius 1 is 1.18 bits per heavy atom. The smallest absolute Gasteiger partial charge is 0.285 e. The summed E-state index contributed by atoms with van der Waals surface area (Å²) in [7, 11) is -0.424. The largest absolute Gasteiger partial charge is 0.377 e. The maximum absolute atomic E-state index is 14.5. The number of carbonyl (C=O) groups excluding carboxylic acids is 1. The maximum Gasteiger partial charge on any atom is 0.285 e. The van der Waals surface area contributed by atoms with Crippen LogP contribution in [0.2, 0.25) is 5.15 Å². The van der Waals surface area contributed by atoms with Crippen molar-refractivity contribution >= 4 is 50.1 Å². The molecule has 3 aromatic heterocycles. The number of sulfonamides is 1. The molecule has 6 rings (SSSR count). The minimum Gasteiger partial charge on any atom is -0.377 e. The van der Waals surface area contributed by atoms with Crippen LogP contribution in [-0.4, -0.2) is 57.5 Å². The Morgan fingerprint density at radius 2 is 1.93 bits per heavy atom. The van der Waals surface area contributed by atoms with Gasteiger partial charge >= 0.3 is 0 Å². The highest BCUT2D eigenvalue weighted by atomic mass is 35.5. The van der Waals surface area contributed by atoms with E-state index in [0.29, 0.717) is 41.1 Å². The fourth-order valence-corrected chi connectivity index (χ4v) is 7.22. The molecule has 232 valence electrons. The number of halogens is 2. The van der Waals surface area contributed by atoms with E-state index in [-0.39, 0.29) is 45.8 Å². The molecular weight excluding hydrogens is 611 g/mol. The molecular formula is C29H32ClFN8O4S. The summed E-state index contributed by atoms with van der Waals surface area (Å²) < 4.78 is 43.0. The molecule has 2 fully saturated rings. The van der Waals surface area contributed by atoms with Crippen LogP contribution in [0.1, 0.15) is 59.0 Å². The molecule has 15 heteroatoms. The number of piperidine rings is 1. The number of pyridine rings is 1. The third-order valence-corrected chi connectivity index (χ3v) is 9.25. The van der Waals surface area contributed by atoms with Gasteiger partial charge in [-0.3, -0.25) is 18.8 Å². The summed E-state index contributed by atoms with van der Waals surface area (Å²) in [5.74, 6) is -0.486. The van der Waals surface area contributed by atoms with Crippen LogP contribution in [-0.2, 0) is 24.1 Å². The summed E-state index contributed by atoms with van der Waals surface area (Å²) in [5.41, 5.74) is 2.43. The number of nitrogens with zero attached hydrogens (tertiary/aromatic N) is 6. The molecule has 1 aliphatic carbocycles. The second-order valence-electron chi connectivity index (χ2n) is 11.8. The third-order valence-electron chi connectivity index (χ3n) is 8.48. The zero-order chi connectivity index (χ0) is 31.7. The van der Waals surface area contributed by atoms with Gasteiger partial charge in [-0.05, 0) is 56.4 Å². The average Bonchev–Trinajstić information content (AvgIpc) is 3.64. The van der Waals surface area contributed by atoms with Crippen LogP contribution in [0.15, 0.2) is 35.3 Å². The summed E-state index contributed by atoms with van der Waals surface area (Å²) in [6, 6.07) is 6.36. The normalized spacial score (nSPS) is 20.3. The Balaban J connectivity index is 1.35. The molecule has 4 aromatic rings. The number of benzene rings is 1. The van der Waals surface area contributed by atoms with Crippen molar-refractivity contribution in [1.29, 1.82) is 0 Å². The zero-order valence-corrected chi connectivity index (χ0v) is 26.4. The van der Waals surface area contributed by atoms with Gasteiger partial charge in [-0.25, -0.2) is 27.5 Å². The van der Waals surface area contributed by atoms with Gasteiger partial charge in [0.25, 0.3) is 11.5 Å². The Bertz CT molecular complexity index is 2000. The van der Waals surface area contributed by atoms with Crippen LogP contribution in [0.4, 0.5) is 16.0 Å². The van der Waals surface area contributed by atoms with Crippen molar-refractivity contribution in [3.05, 3.63) is 74.3 Å². The predicted octanol–water partition coefficient (Wildman–Crippen LogP) is 3.41. The van der Waals surface area contributed by atoms with E-state index < -0.39 is 22.0 Å². The molecule has 0 radical (unpaired) electrons. The van der Waals surface area contributed by atoms with Gasteiger partial charge in [-0.1, -0.05) is 17.7 Å². The average molecular weight is 643 g/mol. The quantitative estimate of drug-likeness (QED) is 0.290. The van der Waals surface area contributed by atoms with Crippen molar-refractivity contribution in [3.63, 3.8) is 0 Å². The van der Waals surface area contributed by atoms with Crippen molar-refractivity contribution in [2.24, 2.45) is 20.0 Å². The van der Waals surface area contributed by atoms with Gasteiger partial charge in [0.05, 0.1) is 35.1 Å². The number of fused-ring (bicyclic) bond motifs is 3. The first-order valence-electron chi connectivity index (χ1n) is 14.1. The van der Waals surface area contributed by atoms with Crippen LogP contribution < -0.4 is 20.5 Å². The van der Waals surface area contributed by atoms with Crippen LogP contribution in [0, 0.1) is 18.7 Å². The van der Waals surface area contributed by atoms with E-state index in [1.165, 1.54) is 16.9 Å². The van der Waals surface area contributed by atoms with Gasteiger partial charge in [0.1, 0.15) is 10.8 Å². The van der Waals surface area contributed by atoms with Crippen molar-refractivity contribution in [3.8, 4) is 0 Å².